The molecule has 0 radical (unpaired) electrons. The zero-order valence-corrected chi connectivity index (χ0v) is 15.6. The number of benzene rings is 1. The first-order valence-electron chi connectivity index (χ1n) is 7.79. The first kappa shape index (κ1) is 18.9. The summed E-state index contributed by atoms with van der Waals surface area (Å²) in [5.41, 5.74) is 6.72. The van der Waals surface area contributed by atoms with Crippen molar-refractivity contribution in [1.82, 2.24) is 0 Å². The first-order valence-corrected chi connectivity index (χ1v) is 8.59. The van der Waals surface area contributed by atoms with Crippen molar-refractivity contribution in [3.8, 4) is 11.8 Å². The lowest BCUT2D eigenvalue weighted by atomic mass is 9.78. The molecular weight excluding hydrogens is 388 g/mol. The lowest BCUT2D eigenvalue weighted by Gasteiger charge is -2.31. The van der Waals surface area contributed by atoms with Crippen LogP contribution in [0.4, 0.5) is 0 Å². The van der Waals surface area contributed by atoms with E-state index in [9.17, 15) is 10.1 Å². The molecule has 1 aliphatic heterocycles. The van der Waals surface area contributed by atoms with Crippen LogP contribution in [0.2, 0.25) is 0 Å². The van der Waals surface area contributed by atoms with Crippen molar-refractivity contribution in [2.24, 2.45) is 11.7 Å². The lowest BCUT2D eigenvalue weighted by molar-refractivity contribution is -0.139. The molecule has 2 atom stereocenters. The minimum atomic E-state index is -0.824. The molecule has 2 rings (SSSR count). The molecular formula is C18H19BrN2O4. The molecule has 1 aliphatic rings. The summed E-state index contributed by atoms with van der Waals surface area (Å²) in [6.45, 7) is 7.87. The van der Waals surface area contributed by atoms with Gasteiger partial charge in [-0.15, -0.1) is 0 Å². The Morgan fingerprint density at radius 1 is 1.44 bits per heavy atom. The molecule has 1 heterocycles. The van der Waals surface area contributed by atoms with Crippen molar-refractivity contribution in [1.29, 1.82) is 5.26 Å². The van der Waals surface area contributed by atoms with Gasteiger partial charge in [0.1, 0.15) is 23.0 Å². The van der Waals surface area contributed by atoms with Crippen LogP contribution >= 0.6 is 15.9 Å². The summed E-state index contributed by atoms with van der Waals surface area (Å²) in [5, 5.41) is 9.73. The van der Waals surface area contributed by atoms with Crippen molar-refractivity contribution in [3.63, 3.8) is 0 Å². The highest BCUT2D eigenvalue weighted by Gasteiger charge is 2.41. The Balaban J connectivity index is 2.63. The van der Waals surface area contributed by atoms with Gasteiger partial charge in [-0.05, 0) is 32.0 Å². The Labute approximate surface area is 155 Å². The van der Waals surface area contributed by atoms with Gasteiger partial charge >= 0.3 is 5.97 Å². The molecule has 1 aromatic carbocycles. The molecule has 7 heteroatoms. The van der Waals surface area contributed by atoms with Gasteiger partial charge in [-0.1, -0.05) is 22.5 Å². The van der Waals surface area contributed by atoms with Crippen LogP contribution in [0.25, 0.3) is 0 Å². The summed E-state index contributed by atoms with van der Waals surface area (Å²) >= 11 is 3.40. The van der Waals surface area contributed by atoms with E-state index in [2.05, 4.69) is 28.6 Å². The molecule has 2 unspecified atom stereocenters. The SMILES string of the molecule is C=C(OCC)C(C#N)C1C(C(=O)OCC)=C(N)Oc2ccc(Br)cc21. The molecule has 0 bridgehead atoms. The minimum absolute atomic E-state index is 0.0807. The number of carbonyl (C=O) groups excluding carboxylic acids is 1. The minimum Gasteiger partial charge on any atom is -0.497 e. The summed E-state index contributed by atoms with van der Waals surface area (Å²) < 4.78 is 16.9. The van der Waals surface area contributed by atoms with E-state index in [-0.39, 0.29) is 23.8 Å². The van der Waals surface area contributed by atoms with E-state index in [1.807, 2.05) is 0 Å². The van der Waals surface area contributed by atoms with E-state index in [1.165, 1.54) is 0 Å². The molecule has 0 spiro atoms. The zero-order chi connectivity index (χ0) is 18.6. The van der Waals surface area contributed by atoms with Crippen LogP contribution in [0.15, 0.2) is 46.5 Å². The average molecular weight is 407 g/mol. The Kier molecular flexibility index (Phi) is 6.10. The van der Waals surface area contributed by atoms with Gasteiger partial charge in [0.05, 0.1) is 19.3 Å². The van der Waals surface area contributed by atoms with E-state index in [1.54, 1.807) is 32.0 Å². The highest BCUT2D eigenvalue weighted by molar-refractivity contribution is 9.10. The second kappa shape index (κ2) is 8.08. The number of hydrogen-bond acceptors (Lipinski definition) is 6. The number of nitriles is 1. The first-order chi connectivity index (χ1) is 11.9. The maximum absolute atomic E-state index is 12.5. The highest BCUT2D eigenvalue weighted by Crippen LogP contribution is 2.45. The topological polar surface area (TPSA) is 94.6 Å². The quantitative estimate of drug-likeness (QED) is 0.574. The molecule has 132 valence electrons. The Hall–Kier alpha value is -2.46. The van der Waals surface area contributed by atoms with E-state index < -0.39 is 17.8 Å². The van der Waals surface area contributed by atoms with Crippen molar-refractivity contribution < 1.29 is 19.0 Å². The summed E-state index contributed by atoms with van der Waals surface area (Å²) in [6, 6.07) is 7.47. The van der Waals surface area contributed by atoms with Gasteiger partial charge in [-0.2, -0.15) is 5.26 Å². The summed E-state index contributed by atoms with van der Waals surface area (Å²) in [7, 11) is 0. The third-order valence-corrected chi connectivity index (χ3v) is 4.24. The molecule has 0 saturated heterocycles. The van der Waals surface area contributed by atoms with Crippen LogP contribution in [-0.4, -0.2) is 19.2 Å². The van der Waals surface area contributed by atoms with Crippen LogP contribution in [0.3, 0.4) is 0 Å². The summed E-state index contributed by atoms with van der Waals surface area (Å²) in [5.74, 6) is -1.50. The van der Waals surface area contributed by atoms with Crippen LogP contribution < -0.4 is 10.5 Å². The fraction of sp³-hybridized carbons (Fsp3) is 0.333. The second-order valence-electron chi connectivity index (χ2n) is 5.27. The van der Waals surface area contributed by atoms with Crippen LogP contribution in [0, 0.1) is 17.2 Å². The number of nitrogens with two attached hydrogens (primary N) is 1. The van der Waals surface area contributed by atoms with Gasteiger partial charge < -0.3 is 19.9 Å². The van der Waals surface area contributed by atoms with Gasteiger partial charge in [0.15, 0.2) is 0 Å². The number of halogens is 1. The second-order valence-corrected chi connectivity index (χ2v) is 6.18. The number of nitrogens with zero attached hydrogens (tertiary/aromatic N) is 1. The summed E-state index contributed by atoms with van der Waals surface area (Å²) in [6.07, 6.45) is 0. The highest BCUT2D eigenvalue weighted by atomic mass is 79.9. The van der Waals surface area contributed by atoms with E-state index in [4.69, 9.17) is 19.9 Å². The molecule has 0 fully saturated rings. The van der Waals surface area contributed by atoms with Crippen molar-refractivity contribution >= 4 is 21.9 Å². The molecule has 6 nitrogen and oxygen atoms in total. The smallest absolute Gasteiger partial charge is 0.340 e. The number of hydrogen-bond donors (Lipinski definition) is 1. The van der Waals surface area contributed by atoms with Gasteiger partial charge in [-0.25, -0.2) is 4.79 Å². The number of esters is 1. The molecule has 0 aliphatic carbocycles. The van der Waals surface area contributed by atoms with Crippen molar-refractivity contribution in [2.75, 3.05) is 13.2 Å². The average Bonchev–Trinajstić information content (AvgIpc) is 2.56. The third-order valence-electron chi connectivity index (χ3n) is 3.75. The molecule has 0 aromatic heterocycles. The van der Waals surface area contributed by atoms with Crippen molar-refractivity contribution in [3.05, 3.63) is 52.0 Å². The number of ether oxygens (including phenoxy) is 3. The Morgan fingerprint density at radius 3 is 2.72 bits per heavy atom. The van der Waals surface area contributed by atoms with E-state index in [0.29, 0.717) is 17.9 Å². The van der Waals surface area contributed by atoms with E-state index >= 15 is 0 Å². The number of rotatable bonds is 6. The van der Waals surface area contributed by atoms with Gasteiger partial charge in [0.2, 0.25) is 5.88 Å². The van der Waals surface area contributed by atoms with Crippen LogP contribution in [0.5, 0.6) is 5.75 Å². The van der Waals surface area contributed by atoms with Gasteiger partial charge in [0.25, 0.3) is 0 Å². The lowest BCUT2D eigenvalue weighted by Crippen LogP contribution is -2.31. The number of fused-ring (bicyclic) bond motifs is 1. The maximum atomic E-state index is 12.5. The molecule has 2 N–H and O–H groups in total. The fourth-order valence-electron chi connectivity index (χ4n) is 2.73. The maximum Gasteiger partial charge on any atom is 0.340 e. The Bertz CT molecular complexity index is 767. The Morgan fingerprint density at radius 2 is 2.12 bits per heavy atom. The predicted octanol–water partition coefficient (Wildman–Crippen LogP) is 3.35. The third kappa shape index (κ3) is 3.80. The zero-order valence-electron chi connectivity index (χ0n) is 14.0. The van der Waals surface area contributed by atoms with E-state index in [0.717, 1.165) is 4.47 Å². The predicted molar refractivity (Wildman–Crippen MR) is 95.2 cm³/mol. The van der Waals surface area contributed by atoms with Gasteiger partial charge in [0, 0.05) is 16.0 Å². The van der Waals surface area contributed by atoms with Crippen LogP contribution in [-0.2, 0) is 14.3 Å². The number of carbonyl (C=O) groups is 1. The largest absolute Gasteiger partial charge is 0.497 e. The molecule has 0 saturated carbocycles. The van der Waals surface area contributed by atoms with Crippen LogP contribution in [0.1, 0.15) is 25.3 Å². The van der Waals surface area contributed by atoms with Gasteiger partial charge in [-0.3, -0.25) is 0 Å². The normalized spacial score (nSPS) is 17.0. The number of allylic oxidation sites excluding steroid dienone is 1. The summed E-state index contributed by atoms with van der Waals surface area (Å²) in [4.78, 5) is 12.5. The standard InChI is InChI=1S/C18H19BrN2O4/c1-4-23-10(3)13(9-20)15-12-8-11(19)6-7-14(12)25-17(21)16(15)18(22)24-5-2/h6-8,13,15H,3-5,21H2,1-2H3. The fourth-order valence-corrected chi connectivity index (χ4v) is 3.11. The molecule has 1 aromatic rings. The molecule has 25 heavy (non-hydrogen) atoms. The monoisotopic (exact) mass is 406 g/mol. The molecule has 0 amide bonds. The van der Waals surface area contributed by atoms with Crippen molar-refractivity contribution in [2.45, 2.75) is 19.8 Å².